The number of carbonyl (C=O) groups is 1. The van der Waals surface area contributed by atoms with Gasteiger partial charge in [-0.3, -0.25) is 4.79 Å². The molecule has 0 radical (unpaired) electrons. The third-order valence-electron chi connectivity index (χ3n) is 2.41. The fourth-order valence-corrected chi connectivity index (χ4v) is 1.90. The van der Waals surface area contributed by atoms with Gasteiger partial charge in [0.25, 0.3) is 0 Å². The molecule has 1 rings (SSSR count). The van der Waals surface area contributed by atoms with E-state index in [-0.39, 0.29) is 11.9 Å². The molecule has 0 bridgehead atoms. The van der Waals surface area contributed by atoms with Gasteiger partial charge in [-0.05, 0) is 47.5 Å². The molecule has 1 aromatic rings. The van der Waals surface area contributed by atoms with Crippen LogP contribution >= 0.6 is 15.9 Å². The number of halogens is 1. The summed E-state index contributed by atoms with van der Waals surface area (Å²) in [4.78, 5) is 11.7. The lowest BCUT2D eigenvalue weighted by atomic mass is 10.2. The predicted octanol–water partition coefficient (Wildman–Crippen LogP) is 2.65. The molecule has 0 aliphatic heterocycles. The molecule has 0 spiro atoms. The van der Waals surface area contributed by atoms with Crippen LogP contribution in [0.15, 0.2) is 22.7 Å². The van der Waals surface area contributed by atoms with E-state index in [9.17, 15) is 4.79 Å². The quantitative estimate of drug-likeness (QED) is 0.879. The molecule has 0 aromatic heterocycles. The van der Waals surface area contributed by atoms with Crippen LogP contribution in [0, 0.1) is 11.3 Å². The van der Waals surface area contributed by atoms with Crippen molar-refractivity contribution in [1.29, 1.82) is 5.26 Å². The Morgan fingerprint density at radius 3 is 2.83 bits per heavy atom. The van der Waals surface area contributed by atoms with Gasteiger partial charge in [-0.25, -0.2) is 0 Å². The Kier molecular flexibility index (Phi) is 5.66. The molecule has 1 atom stereocenters. The third kappa shape index (κ3) is 4.04. The summed E-state index contributed by atoms with van der Waals surface area (Å²) >= 11 is 3.37. The van der Waals surface area contributed by atoms with Crippen LogP contribution in [0.1, 0.15) is 25.8 Å². The van der Waals surface area contributed by atoms with E-state index in [0.717, 1.165) is 16.6 Å². The minimum Gasteiger partial charge on any atom is -0.373 e. The van der Waals surface area contributed by atoms with Gasteiger partial charge in [-0.1, -0.05) is 6.92 Å². The highest BCUT2D eigenvalue weighted by Gasteiger charge is 2.13. The fraction of sp³-hybridized carbons (Fsp3) is 0.385. The molecular weight excluding hydrogens is 294 g/mol. The monoisotopic (exact) mass is 309 g/mol. The first-order chi connectivity index (χ1) is 8.58. The normalized spacial score (nSPS) is 11.4. The second-order valence-corrected chi connectivity index (χ2v) is 4.82. The van der Waals surface area contributed by atoms with Crippen molar-refractivity contribution in [3.63, 3.8) is 0 Å². The summed E-state index contributed by atoms with van der Waals surface area (Å²) in [5, 5.41) is 14.7. The highest BCUT2D eigenvalue weighted by molar-refractivity contribution is 9.10. The van der Waals surface area contributed by atoms with Crippen LogP contribution in [0.5, 0.6) is 0 Å². The molecule has 0 saturated carbocycles. The first kappa shape index (κ1) is 14.5. The number of carbonyl (C=O) groups excluding carboxylic acids is 1. The van der Waals surface area contributed by atoms with Crippen LogP contribution in [0.3, 0.4) is 0 Å². The summed E-state index contributed by atoms with van der Waals surface area (Å²) in [7, 11) is 0. The van der Waals surface area contributed by atoms with Crippen molar-refractivity contribution in [3.8, 4) is 6.07 Å². The van der Waals surface area contributed by atoms with Gasteiger partial charge in [0, 0.05) is 16.7 Å². The Morgan fingerprint density at radius 2 is 2.28 bits per heavy atom. The lowest BCUT2D eigenvalue weighted by Gasteiger charge is -2.16. The predicted molar refractivity (Wildman–Crippen MR) is 75.2 cm³/mol. The molecule has 4 nitrogen and oxygen atoms in total. The van der Waals surface area contributed by atoms with Crippen LogP contribution in [0.2, 0.25) is 0 Å². The number of nitriles is 1. The minimum absolute atomic E-state index is 0.0342. The summed E-state index contributed by atoms with van der Waals surface area (Å²) < 4.78 is 0.775. The van der Waals surface area contributed by atoms with E-state index in [1.165, 1.54) is 0 Å². The van der Waals surface area contributed by atoms with Crippen molar-refractivity contribution in [1.82, 2.24) is 5.32 Å². The zero-order chi connectivity index (χ0) is 13.5. The number of nitrogens with one attached hydrogen (secondary N) is 2. The summed E-state index contributed by atoms with van der Waals surface area (Å²) in [6.07, 6.45) is 0.916. The molecule has 0 heterocycles. The first-order valence-corrected chi connectivity index (χ1v) is 6.61. The second kappa shape index (κ2) is 7.02. The Labute approximate surface area is 116 Å². The highest BCUT2D eigenvalue weighted by Crippen LogP contribution is 2.24. The molecule has 1 amide bonds. The first-order valence-electron chi connectivity index (χ1n) is 5.82. The summed E-state index contributed by atoms with van der Waals surface area (Å²) in [6, 6.07) is 6.96. The van der Waals surface area contributed by atoms with Crippen LogP contribution in [0.4, 0.5) is 5.69 Å². The van der Waals surface area contributed by atoms with Crippen molar-refractivity contribution < 1.29 is 4.79 Å². The molecule has 0 aliphatic carbocycles. The van der Waals surface area contributed by atoms with Gasteiger partial charge >= 0.3 is 0 Å². The highest BCUT2D eigenvalue weighted by atomic mass is 79.9. The summed E-state index contributed by atoms with van der Waals surface area (Å²) in [5.74, 6) is -0.0342. The molecule has 0 aliphatic rings. The van der Waals surface area contributed by atoms with E-state index >= 15 is 0 Å². The van der Waals surface area contributed by atoms with Gasteiger partial charge in [-0.15, -0.1) is 0 Å². The van der Waals surface area contributed by atoms with Crippen LogP contribution < -0.4 is 10.6 Å². The van der Waals surface area contributed by atoms with Gasteiger partial charge in [0.1, 0.15) is 6.04 Å². The number of benzene rings is 1. The third-order valence-corrected chi connectivity index (χ3v) is 3.07. The number of hydrogen-bond acceptors (Lipinski definition) is 3. The number of anilines is 1. The summed E-state index contributed by atoms with van der Waals surface area (Å²) in [6.45, 7) is 4.49. The van der Waals surface area contributed by atoms with Gasteiger partial charge in [0.15, 0.2) is 0 Å². The van der Waals surface area contributed by atoms with Crippen LogP contribution in [-0.2, 0) is 4.79 Å². The van der Waals surface area contributed by atoms with E-state index in [4.69, 9.17) is 5.26 Å². The van der Waals surface area contributed by atoms with Crippen molar-refractivity contribution in [2.45, 2.75) is 26.3 Å². The molecule has 5 heteroatoms. The standard InChI is InChI=1S/C13H16BrN3O/c1-3-6-16-13(18)9(2)17-12-5-4-10(8-15)7-11(12)14/h4-5,7,9,17H,3,6H2,1-2H3,(H,16,18). The van der Waals surface area contributed by atoms with E-state index in [1.54, 1.807) is 25.1 Å². The lowest BCUT2D eigenvalue weighted by Crippen LogP contribution is -2.37. The van der Waals surface area contributed by atoms with Crippen LogP contribution in [0.25, 0.3) is 0 Å². The molecule has 1 unspecified atom stereocenters. The Morgan fingerprint density at radius 1 is 1.56 bits per heavy atom. The Hall–Kier alpha value is -1.54. The number of amides is 1. The lowest BCUT2D eigenvalue weighted by molar-refractivity contribution is -0.121. The van der Waals surface area contributed by atoms with E-state index in [0.29, 0.717) is 12.1 Å². The van der Waals surface area contributed by atoms with E-state index in [1.807, 2.05) is 6.92 Å². The summed E-state index contributed by atoms with van der Waals surface area (Å²) in [5.41, 5.74) is 1.38. The molecule has 2 N–H and O–H groups in total. The number of hydrogen-bond donors (Lipinski definition) is 2. The molecule has 0 fully saturated rings. The molecule has 0 saturated heterocycles. The SMILES string of the molecule is CCCNC(=O)C(C)Nc1ccc(C#N)cc1Br. The zero-order valence-corrected chi connectivity index (χ0v) is 12.0. The maximum Gasteiger partial charge on any atom is 0.242 e. The van der Waals surface area contributed by atoms with Gasteiger partial charge in [0.2, 0.25) is 5.91 Å². The number of rotatable bonds is 5. The zero-order valence-electron chi connectivity index (χ0n) is 10.5. The molecular formula is C13H16BrN3O. The maximum absolute atomic E-state index is 11.7. The minimum atomic E-state index is -0.319. The average molecular weight is 310 g/mol. The largest absolute Gasteiger partial charge is 0.373 e. The van der Waals surface area contributed by atoms with Crippen molar-refractivity contribution in [2.24, 2.45) is 0 Å². The average Bonchev–Trinajstić information content (AvgIpc) is 2.38. The topological polar surface area (TPSA) is 64.9 Å². The number of nitrogens with zero attached hydrogens (tertiary/aromatic N) is 1. The maximum atomic E-state index is 11.7. The smallest absolute Gasteiger partial charge is 0.242 e. The van der Waals surface area contributed by atoms with Crippen molar-refractivity contribution >= 4 is 27.5 Å². The Bertz CT molecular complexity index is 468. The van der Waals surface area contributed by atoms with Crippen LogP contribution in [-0.4, -0.2) is 18.5 Å². The fourth-order valence-electron chi connectivity index (χ4n) is 1.40. The van der Waals surface area contributed by atoms with E-state index < -0.39 is 0 Å². The second-order valence-electron chi connectivity index (χ2n) is 3.96. The van der Waals surface area contributed by atoms with Crippen molar-refractivity contribution in [2.75, 3.05) is 11.9 Å². The van der Waals surface area contributed by atoms with Gasteiger partial charge in [-0.2, -0.15) is 5.26 Å². The van der Waals surface area contributed by atoms with Crippen molar-refractivity contribution in [3.05, 3.63) is 28.2 Å². The molecule has 18 heavy (non-hydrogen) atoms. The van der Waals surface area contributed by atoms with Gasteiger partial charge in [0.05, 0.1) is 11.6 Å². The Balaban J connectivity index is 2.67. The van der Waals surface area contributed by atoms with E-state index in [2.05, 4.69) is 32.6 Å². The molecule has 1 aromatic carbocycles. The molecule has 96 valence electrons. The van der Waals surface area contributed by atoms with Gasteiger partial charge < -0.3 is 10.6 Å².